The number of pyridine rings is 1. The van der Waals surface area contributed by atoms with Gasteiger partial charge in [0.1, 0.15) is 0 Å². The number of hydrogen-bond acceptors (Lipinski definition) is 3. The standard InChI is InChI=1S/C44H31N3/c1-44(2)39-19-16-32(25-37(39)38-24-30-12-6-7-13-31(30)26-40(38)44)33-17-18-36(35-15-9-8-14-34(33)35)43-46-41(28-10-4-3-5-11-28)27-42(47-43)29-20-22-45-23-21-29/h3-27H,1-2H3. The van der Waals surface area contributed by atoms with Crippen LogP contribution in [0, 0.1) is 0 Å². The molecule has 0 saturated carbocycles. The van der Waals surface area contributed by atoms with E-state index in [1.54, 1.807) is 0 Å². The molecule has 0 saturated heterocycles. The van der Waals surface area contributed by atoms with Crippen molar-refractivity contribution in [1.29, 1.82) is 0 Å². The smallest absolute Gasteiger partial charge is 0.161 e. The first-order valence-electron chi connectivity index (χ1n) is 16.1. The largest absolute Gasteiger partial charge is 0.265 e. The lowest BCUT2D eigenvalue weighted by molar-refractivity contribution is 0.661. The lowest BCUT2D eigenvalue weighted by atomic mass is 9.81. The molecule has 222 valence electrons. The minimum Gasteiger partial charge on any atom is -0.265 e. The van der Waals surface area contributed by atoms with Crippen LogP contribution >= 0.6 is 0 Å². The first-order valence-corrected chi connectivity index (χ1v) is 16.1. The Balaban J connectivity index is 1.22. The van der Waals surface area contributed by atoms with E-state index in [4.69, 9.17) is 9.97 Å². The summed E-state index contributed by atoms with van der Waals surface area (Å²) in [5.41, 5.74) is 12.6. The van der Waals surface area contributed by atoms with Crippen molar-refractivity contribution in [3.8, 4) is 56.2 Å². The van der Waals surface area contributed by atoms with Crippen LogP contribution in [-0.2, 0) is 5.41 Å². The molecule has 2 heterocycles. The van der Waals surface area contributed by atoms with Crippen LogP contribution < -0.4 is 0 Å². The molecule has 0 radical (unpaired) electrons. The highest BCUT2D eigenvalue weighted by Gasteiger charge is 2.36. The number of hydrogen-bond donors (Lipinski definition) is 0. The monoisotopic (exact) mass is 601 g/mol. The number of benzene rings is 6. The summed E-state index contributed by atoms with van der Waals surface area (Å²) in [7, 11) is 0. The van der Waals surface area contributed by atoms with Gasteiger partial charge < -0.3 is 0 Å². The zero-order valence-corrected chi connectivity index (χ0v) is 26.3. The molecule has 8 aromatic rings. The van der Waals surface area contributed by atoms with Gasteiger partial charge in [-0.1, -0.05) is 111 Å². The Hall–Kier alpha value is -5.93. The van der Waals surface area contributed by atoms with E-state index in [1.165, 1.54) is 49.5 Å². The molecule has 2 aromatic heterocycles. The minimum absolute atomic E-state index is 0.0627. The third kappa shape index (κ3) is 4.46. The normalized spacial score (nSPS) is 13.1. The molecule has 1 aliphatic rings. The van der Waals surface area contributed by atoms with Crippen LogP contribution in [0.4, 0.5) is 0 Å². The number of rotatable bonds is 4. The number of fused-ring (bicyclic) bond motifs is 5. The van der Waals surface area contributed by atoms with Gasteiger partial charge in [-0.15, -0.1) is 0 Å². The molecule has 0 fully saturated rings. The Kier molecular flexibility index (Phi) is 6.16. The lowest BCUT2D eigenvalue weighted by Crippen LogP contribution is -2.14. The molecule has 0 aliphatic heterocycles. The average Bonchev–Trinajstić information content (AvgIpc) is 3.35. The summed E-state index contributed by atoms with van der Waals surface area (Å²) < 4.78 is 0. The molecule has 3 heteroatoms. The summed E-state index contributed by atoms with van der Waals surface area (Å²) in [5.74, 6) is 0.706. The maximum Gasteiger partial charge on any atom is 0.161 e. The van der Waals surface area contributed by atoms with Gasteiger partial charge in [-0.3, -0.25) is 4.98 Å². The van der Waals surface area contributed by atoms with Crippen molar-refractivity contribution in [2.24, 2.45) is 0 Å². The van der Waals surface area contributed by atoms with Crippen LogP contribution in [0.3, 0.4) is 0 Å². The van der Waals surface area contributed by atoms with Gasteiger partial charge >= 0.3 is 0 Å². The van der Waals surface area contributed by atoms with E-state index >= 15 is 0 Å². The summed E-state index contributed by atoms with van der Waals surface area (Å²) in [6.07, 6.45) is 3.62. The van der Waals surface area contributed by atoms with Gasteiger partial charge in [0.25, 0.3) is 0 Å². The highest BCUT2D eigenvalue weighted by atomic mass is 14.9. The molecule has 9 rings (SSSR count). The maximum atomic E-state index is 5.14. The second-order valence-corrected chi connectivity index (χ2v) is 12.9. The van der Waals surface area contributed by atoms with Crippen molar-refractivity contribution in [3.05, 3.63) is 163 Å². The van der Waals surface area contributed by atoms with E-state index < -0.39 is 0 Å². The Labute approximate surface area is 274 Å². The van der Waals surface area contributed by atoms with E-state index in [1.807, 2.05) is 42.7 Å². The zero-order valence-electron chi connectivity index (χ0n) is 26.3. The van der Waals surface area contributed by atoms with Crippen LogP contribution in [0.1, 0.15) is 25.0 Å². The SMILES string of the molecule is CC1(C)c2ccc(-c3ccc(-c4nc(-c5ccccc5)cc(-c5ccncc5)n4)c4ccccc34)cc2-c2cc3ccccc3cc21. The minimum atomic E-state index is -0.0627. The molecular formula is C44H31N3. The Morgan fingerprint density at radius 3 is 1.77 bits per heavy atom. The summed E-state index contributed by atoms with van der Waals surface area (Å²) >= 11 is 0. The summed E-state index contributed by atoms with van der Waals surface area (Å²) in [6.45, 7) is 4.69. The van der Waals surface area contributed by atoms with Gasteiger partial charge in [0, 0.05) is 34.5 Å². The van der Waals surface area contributed by atoms with E-state index in [2.05, 4.69) is 128 Å². The van der Waals surface area contributed by atoms with Gasteiger partial charge in [-0.05, 0) is 97.4 Å². The first kappa shape index (κ1) is 27.4. The topological polar surface area (TPSA) is 38.7 Å². The predicted molar refractivity (Wildman–Crippen MR) is 194 cm³/mol. The van der Waals surface area contributed by atoms with Crippen molar-refractivity contribution in [3.63, 3.8) is 0 Å². The van der Waals surface area contributed by atoms with Gasteiger partial charge in [0.2, 0.25) is 0 Å². The van der Waals surface area contributed by atoms with E-state index in [0.717, 1.165) is 33.5 Å². The highest BCUT2D eigenvalue weighted by molar-refractivity contribution is 6.05. The van der Waals surface area contributed by atoms with Crippen LogP contribution in [0.5, 0.6) is 0 Å². The highest BCUT2D eigenvalue weighted by Crippen LogP contribution is 2.51. The Morgan fingerprint density at radius 2 is 1.02 bits per heavy atom. The molecule has 1 aliphatic carbocycles. The second-order valence-electron chi connectivity index (χ2n) is 12.9. The second kappa shape index (κ2) is 10.6. The fourth-order valence-corrected chi connectivity index (χ4v) is 7.35. The fraction of sp³-hybridized carbons (Fsp3) is 0.0682. The van der Waals surface area contributed by atoms with Crippen molar-refractivity contribution in [1.82, 2.24) is 15.0 Å². The first-order chi connectivity index (χ1) is 23.0. The number of nitrogens with zero attached hydrogens (tertiary/aromatic N) is 3. The lowest BCUT2D eigenvalue weighted by Gasteiger charge is -2.22. The van der Waals surface area contributed by atoms with Crippen LogP contribution in [-0.4, -0.2) is 15.0 Å². The Morgan fingerprint density at radius 1 is 0.426 bits per heavy atom. The molecule has 0 spiro atoms. The van der Waals surface area contributed by atoms with Crippen LogP contribution in [0.25, 0.3) is 77.7 Å². The van der Waals surface area contributed by atoms with Gasteiger partial charge in [0.15, 0.2) is 5.82 Å². The van der Waals surface area contributed by atoms with Gasteiger partial charge in [-0.25, -0.2) is 9.97 Å². The van der Waals surface area contributed by atoms with Crippen LogP contribution in [0.15, 0.2) is 152 Å². The van der Waals surface area contributed by atoms with E-state index in [0.29, 0.717) is 5.82 Å². The quantitative estimate of drug-likeness (QED) is 0.201. The van der Waals surface area contributed by atoms with Crippen molar-refractivity contribution in [2.75, 3.05) is 0 Å². The van der Waals surface area contributed by atoms with Gasteiger partial charge in [-0.2, -0.15) is 0 Å². The fourth-order valence-electron chi connectivity index (χ4n) is 7.35. The molecular weight excluding hydrogens is 571 g/mol. The molecule has 0 bridgehead atoms. The molecule has 3 nitrogen and oxygen atoms in total. The molecule has 0 amide bonds. The molecule has 0 N–H and O–H groups in total. The third-order valence-corrected chi connectivity index (χ3v) is 9.79. The van der Waals surface area contributed by atoms with E-state index in [-0.39, 0.29) is 5.41 Å². The Bertz CT molecular complexity index is 2420. The molecule has 0 atom stereocenters. The maximum absolute atomic E-state index is 5.14. The summed E-state index contributed by atoms with van der Waals surface area (Å²) in [4.78, 5) is 14.5. The predicted octanol–water partition coefficient (Wildman–Crippen LogP) is 11.2. The van der Waals surface area contributed by atoms with Crippen molar-refractivity contribution >= 4 is 21.5 Å². The molecule has 6 aromatic carbocycles. The van der Waals surface area contributed by atoms with Crippen molar-refractivity contribution in [2.45, 2.75) is 19.3 Å². The molecule has 47 heavy (non-hydrogen) atoms. The zero-order chi connectivity index (χ0) is 31.5. The van der Waals surface area contributed by atoms with Gasteiger partial charge in [0.05, 0.1) is 11.4 Å². The molecule has 0 unspecified atom stereocenters. The third-order valence-electron chi connectivity index (χ3n) is 9.79. The van der Waals surface area contributed by atoms with E-state index in [9.17, 15) is 0 Å². The summed E-state index contributed by atoms with van der Waals surface area (Å²) in [5, 5.41) is 4.88. The summed E-state index contributed by atoms with van der Waals surface area (Å²) in [6, 6.07) is 49.9. The average molecular weight is 602 g/mol. The van der Waals surface area contributed by atoms with Crippen molar-refractivity contribution < 1.29 is 0 Å². The van der Waals surface area contributed by atoms with Crippen LogP contribution in [0.2, 0.25) is 0 Å². The number of aromatic nitrogens is 3.